The third-order valence-corrected chi connectivity index (χ3v) is 6.83. The summed E-state index contributed by atoms with van der Waals surface area (Å²) in [6.07, 6.45) is 0. The lowest BCUT2D eigenvalue weighted by Crippen LogP contribution is -2.19. The number of aromatic nitrogens is 1. The van der Waals surface area contributed by atoms with Crippen molar-refractivity contribution in [1.29, 1.82) is 0 Å². The van der Waals surface area contributed by atoms with Crippen molar-refractivity contribution in [3.63, 3.8) is 0 Å². The van der Waals surface area contributed by atoms with Crippen LogP contribution in [0.4, 0.5) is 4.32 Å². The molecule has 3 rings (SSSR count). The van der Waals surface area contributed by atoms with Gasteiger partial charge in [-0.2, -0.15) is 0 Å². The highest BCUT2D eigenvalue weighted by atomic mass is 127. The van der Waals surface area contributed by atoms with E-state index >= 15 is 0 Å². The van der Waals surface area contributed by atoms with Crippen LogP contribution < -0.4 is 0 Å². The lowest BCUT2D eigenvalue weighted by molar-refractivity contribution is 0.788. The van der Waals surface area contributed by atoms with E-state index in [0.717, 1.165) is 48.6 Å². The molecule has 5 heteroatoms. The van der Waals surface area contributed by atoms with Crippen LogP contribution in [0.5, 0.6) is 0 Å². The maximum absolute atomic E-state index is 14.7. The third-order valence-electron chi connectivity index (χ3n) is 5.24. The van der Waals surface area contributed by atoms with E-state index in [2.05, 4.69) is 55.5 Å². The Hall–Kier alpha value is -1.63. The summed E-state index contributed by atoms with van der Waals surface area (Å²) in [7, 11) is -1.11. The van der Waals surface area contributed by atoms with Crippen molar-refractivity contribution < 1.29 is 4.32 Å². The molecule has 0 aliphatic carbocycles. The fourth-order valence-corrected chi connectivity index (χ4v) is 4.12. The monoisotopic (exact) mass is 460 g/mol. The molecule has 1 aliphatic rings. The molecule has 1 aromatic carbocycles. The molecule has 2 aromatic rings. The van der Waals surface area contributed by atoms with E-state index in [9.17, 15) is 4.32 Å². The molecule has 0 N–H and O–H groups in total. The zero-order valence-corrected chi connectivity index (χ0v) is 18.3. The maximum Gasteiger partial charge on any atom is 0.462 e. The van der Waals surface area contributed by atoms with Gasteiger partial charge in [-0.05, 0) is 86.3 Å². The van der Waals surface area contributed by atoms with Gasteiger partial charge in [0.2, 0.25) is 0 Å². The Balaban J connectivity index is 2.46. The van der Waals surface area contributed by atoms with Crippen LogP contribution in [0.2, 0.25) is 6.82 Å². The maximum atomic E-state index is 14.7. The predicted molar refractivity (Wildman–Crippen MR) is 119 cm³/mol. The zero-order valence-electron chi connectivity index (χ0n) is 16.1. The van der Waals surface area contributed by atoms with Gasteiger partial charge in [0.1, 0.15) is 0 Å². The first-order valence-electron chi connectivity index (χ1n) is 8.80. The van der Waals surface area contributed by atoms with Crippen molar-refractivity contribution in [1.82, 2.24) is 4.48 Å². The first-order valence-corrected chi connectivity index (χ1v) is 9.88. The average molecular weight is 460 g/mol. The molecule has 0 amide bonds. The Morgan fingerprint density at radius 3 is 2.15 bits per heavy atom. The highest BCUT2D eigenvalue weighted by Crippen LogP contribution is 2.39. The first-order chi connectivity index (χ1) is 12.3. The van der Waals surface area contributed by atoms with Crippen LogP contribution >= 0.6 is 22.6 Å². The molecular weight excluding hydrogens is 437 g/mol. The second-order valence-corrected chi connectivity index (χ2v) is 7.93. The van der Waals surface area contributed by atoms with E-state index in [4.69, 9.17) is 4.99 Å². The van der Waals surface area contributed by atoms with E-state index < -0.39 is 7.12 Å². The number of benzene rings is 1. The molecule has 2 nitrogen and oxygen atoms in total. The second kappa shape index (κ2) is 7.18. The molecule has 1 aromatic heterocycles. The standard InChI is InChI=1S/C21H23BFIN2/c1-12-13(2)20(25-15(12)4)18(17-10-8-7-9-11-17)21-14(3)19(24)16(5)26(21)22(6)23/h7-11H,1-6H3/b20-18-. The quantitative estimate of drug-likeness (QED) is 0.383. The van der Waals surface area contributed by atoms with Crippen molar-refractivity contribution in [3.8, 4) is 0 Å². The fourth-order valence-electron chi connectivity index (χ4n) is 3.60. The minimum atomic E-state index is -1.11. The van der Waals surface area contributed by atoms with Gasteiger partial charge >= 0.3 is 7.12 Å². The minimum absolute atomic E-state index is 0.925. The van der Waals surface area contributed by atoms with Crippen molar-refractivity contribution in [2.24, 2.45) is 4.99 Å². The van der Waals surface area contributed by atoms with Crippen LogP contribution in [0, 0.1) is 17.4 Å². The van der Waals surface area contributed by atoms with Gasteiger partial charge in [-0.15, -0.1) is 0 Å². The van der Waals surface area contributed by atoms with E-state index in [1.165, 1.54) is 5.57 Å². The topological polar surface area (TPSA) is 17.3 Å². The van der Waals surface area contributed by atoms with Crippen LogP contribution in [0.25, 0.3) is 5.57 Å². The number of hydrogen-bond donors (Lipinski definition) is 0. The number of halogens is 2. The van der Waals surface area contributed by atoms with Gasteiger partial charge in [-0.1, -0.05) is 30.3 Å². The van der Waals surface area contributed by atoms with Crippen LogP contribution in [0.3, 0.4) is 0 Å². The molecule has 0 saturated carbocycles. The predicted octanol–water partition coefficient (Wildman–Crippen LogP) is 6.22. The highest BCUT2D eigenvalue weighted by Gasteiger charge is 2.29. The Morgan fingerprint density at radius 1 is 1.04 bits per heavy atom. The Bertz CT molecular complexity index is 966. The molecule has 0 unspecified atom stereocenters. The van der Waals surface area contributed by atoms with Gasteiger partial charge in [0.05, 0.1) is 5.70 Å². The van der Waals surface area contributed by atoms with Crippen molar-refractivity contribution >= 4 is 41.0 Å². The molecule has 0 bridgehead atoms. The number of allylic oxidation sites excluding steroid dienone is 2. The van der Waals surface area contributed by atoms with Gasteiger partial charge < -0.3 is 8.79 Å². The van der Waals surface area contributed by atoms with Gasteiger partial charge in [-0.25, -0.2) is 0 Å². The summed E-state index contributed by atoms with van der Waals surface area (Å²) in [5.74, 6) is 0. The molecule has 0 saturated heterocycles. The Kier molecular flexibility index (Phi) is 5.29. The van der Waals surface area contributed by atoms with E-state index in [-0.39, 0.29) is 0 Å². The van der Waals surface area contributed by atoms with Gasteiger partial charge in [0, 0.05) is 26.2 Å². The molecule has 0 spiro atoms. The molecule has 0 atom stereocenters. The zero-order chi connectivity index (χ0) is 19.2. The summed E-state index contributed by atoms with van der Waals surface area (Å²) in [5, 5.41) is 0. The van der Waals surface area contributed by atoms with Crippen LogP contribution in [-0.4, -0.2) is 17.3 Å². The summed E-state index contributed by atoms with van der Waals surface area (Å²) >= 11 is 2.32. The van der Waals surface area contributed by atoms with Gasteiger partial charge in [0.15, 0.2) is 0 Å². The number of hydrogen-bond acceptors (Lipinski definition) is 1. The lowest BCUT2D eigenvalue weighted by atomic mass is 9.87. The van der Waals surface area contributed by atoms with Crippen molar-refractivity contribution in [2.45, 2.75) is 41.4 Å². The highest BCUT2D eigenvalue weighted by molar-refractivity contribution is 14.1. The van der Waals surface area contributed by atoms with Crippen LogP contribution in [-0.2, 0) is 0 Å². The van der Waals surface area contributed by atoms with E-state index in [0.29, 0.717) is 0 Å². The molecule has 1 aliphatic heterocycles. The van der Waals surface area contributed by atoms with Crippen LogP contribution in [0.1, 0.15) is 43.3 Å². The minimum Gasteiger partial charge on any atom is -0.359 e. The first kappa shape index (κ1) is 19.1. The smallest absolute Gasteiger partial charge is 0.359 e. The summed E-state index contributed by atoms with van der Waals surface area (Å²) in [6, 6.07) is 10.2. The molecule has 2 heterocycles. The summed E-state index contributed by atoms with van der Waals surface area (Å²) in [4.78, 5) is 4.87. The molecular formula is C21H23BFIN2. The lowest BCUT2D eigenvalue weighted by Gasteiger charge is -2.18. The normalized spacial score (nSPS) is 16.2. The summed E-state index contributed by atoms with van der Waals surface area (Å²) in [5.41, 5.74) is 9.39. The van der Waals surface area contributed by atoms with E-state index in [1.54, 1.807) is 11.3 Å². The molecule has 0 radical (unpaired) electrons. The Morgan fingerprint density at radius 2 is 1.65 bits per heavy atom. The van der Waals surface area contributed by atoms with Crippen molar-refractivity contribution in [3.05, 3.63) is 73.3 Å². The number of aliphatic imine (C=N–C) groups is 1. The van der Waals surface area contributed by atoms with E-state index in [1.807, 2.05) is 32.0 Å². The summed E-state index contributed by atoms with van der Waals surface area (Å²) < 4.78 is 17.6. The largest absolute Gasteiger partial charge is 0.462 e. The number of rotatable bonds is 3. The second-order valence-electron chi connectivity index (χ2n) is 6.85. The third kappa shape index (κ3) is 3.00. The van der Waals surface area contributed by atoms with Crippen LogP contribution in [0.15, 0.2) is 52.2 Å². The van der Waals surface area contributed by atoms with Crippen molar-refractivity contribution in [2.75, 3.05) is 0 Å². The molecule has 134 valence electrons. The number of nitrogens with zero attached hydrogens (tertiary/aromatic N) is 2. The molecule has 26 heavy (non-hydrogen) atoms. The summed E-state index contributed by atoms with van der Waals surface area (Å²) in [6.45, 7) is 11.9. The average Bonchev–Trinajstić information content (AvgIpc) is 2.99. The van der Waals surface area contributed by atoms with Gasteiger partial charge in [0.25, 0.3) is 0 Å². The Labute approximate surface area is 169 Å². The van der Waals surface area contributed by atoms with Gasteiger partial charge in [-0.3, -0.25) is 4.99 Å². The SMILES string of the molecule is CB(F)n1c(C)c(I)c(C)c1/C(=C1\N=C(C)C(C)=C1C)c1ccccc1. The fraction of sp³-hybridized carbons (Fsp3) is 0.286. The molecule has 0 fully saturated rings.